The van der Waals surface area contributed by atoms with Crippen LogP contribution in [0.1, 0.15) is 50.6 Å². The van der Waals surface area contributed by atoms with Gasteiger partial charge < -0.3 is 4.42 Å². The molecular formula is C28H22N4O3S. The predicted molar refractivity (Wildman–Crippen MR) is 142 cm³/mol. The first-order valence-corrected chi connectivity index (χ1v) is 12.5. The minimum absolute atomic E-state index is 0.245. The average molecular weight is 495 g/mol. The highest BCUT2D eigenvalue weighted by Crippen LogP contribution is 2.31. The van der Waals surface area contributed by atoms with Crippen LogP contribution in [0, 0.1) is 6.92 Å². The molecular weight excluding hydrogens is 472 g/mol. The van der Waals surface area contributed by atoms with Crippen molar-refractivity contribution in [1.82, 2.24) is 10.4 Å². The van der Waals surface area contributed by atoms with Crippen LogP contribution < -0.4 is 10.7 Å². The van der Waals surface area contributed by atoms with E-state index >= 15 is 0 Å². The van der Waals surface area contributed by atoms with Crippen LogP contribution in [0.5, 0.6) is 0 Å². The van der Waals surface area contributed by atoms with Gasteiger partial charge >= 0.3 is 0 Å². The topological polar surface area (TPSA) is 96.6 Å². The number of para-hydroxylation sites is 1. The Morgan fingerprint density at radius 3 is 2.67 bits per heavy atom. The highest BCUT2D eigenvalue weighted by molar-refractivity contribution is 7.22. The van der Waals surface area contributed by atoms with E-state index in [0.717, 1.165) is 33.0 Å². The molecule has 36 heavy (non-hydrogen) atoms. The summed E-state index contributed by atoms with van der Waals surface area (Å²) in [6, 6.07) is 21.1. The SMILES string of the molecule is Cc1c(C(=O)Nc2nc3ccccc3s2)oc2c1/C(=N/NC(=O)c1cccc3ccccc13)CCC2. The quantitative estimate of drug-likeness (QED) is 0.296. The first-order valence-electron chi connectivity index (χ1n) is 11.7. The van der Waals surface area contributed by atoms with Gasteiger partial charge in [-0.3, -0.25) is 14.9 Å². The molecule has 0 saturated heterocycles. The molecule has 0 fully saturated rings. The van der Waals surface area contributed by atoms with Crippen LogP contribution in [0.4, 0.5) is 5.13 Å². The van der Waals surface area contributed by atoms with E-state index in [1.165, 1.54) is 11.3 Å². The predicted octanol–water partition coefficient (Wildman–Crippen LogP) is 6.07. The van der Waals surface area contributed by atoms with Crippen LogP contribution in [0.25, 0.3) is 21.0 Å². The van der Waals surface area contributed by atoms with Crippen LogP contribution in [0.2, 0.25) is 0 Å². The van der Waals surface area contributed by atoms with Gasteiger partial charge in [0.25, 0.3) is 11.8 Å². The Bertz CT molecular complexity index is 1640. The number of benzene rings is 3. The maximum atomic E-state index is 13.1. The number of furan rings is 1. The van der Waals surface area contributed by atoms with Crippen molar-refractivity contribution in [1.29, 1.82) is 0 Å². The van der Waals surface area contributed by atoms with E-state index in [0.29, 0.717) is 40.6 Å². The van der Waals surface area contributed by atoms with Gasteiger partial charge in [-0.15, -0.1) is 0 Å². The van der Waals surface area contributed by atoms with E-state index < -0.39 is 0 Å². The lowest BCUT2D eigenvalue weighted by Gasteiger charge is -2.13. The summed E-state index contributed by atoms with van der Waals surface area (Å²) in [6.07, 6.45) is 2.21. The fourth-order valence-corrected chi connectivity index (χ4v) is 5.54. The van der Waals surface area contributed by atoms with Gasteiger partial charge in [0.05, 0.1) is 15.9 Å². The lowest BCUT2D eigenvalue weighted by atomic mass is 9.93. The Morgan fingerprint density at radius 2 is 1.78 bits per heavy atom. The molecule has 0 unspecified atom stereocenters. The van der Waals surface area contributed by atoms with Gasteiger partial charge in [0.15, 0.2) is 10.9 Å². The Hall–Kier alpha value is -4.30. The highest BCUT2D eigenvalue weighted by atomic mass is 32.1. The summed E-state index contributed by atoms with van der Waals surface area (Å²) in [5.74, 6) is 0.335. The van der Waals surface area contributed by atoms with Crippen molar-refractivity contribution in [3.05, 3.63) is 94.9 Å². The van der Waals surface area contributed by atoms with E-state index in [2.05, 4.69) is 20.8 Å². The number of carbonyl (C=O) groups excluding carboxylic acids is 2. The van der Waals surface area contributed by atoms with E-state index in [1.807, 2.05) is 67.6 Å². The number of nitrogens with one attached hydrogen (secondary N) is 2. The minimum Gasteiger partial charge on any atom is -0.455 e. The average Bonchev–Trinajstić information content (AvgIpc) is 3.47. The molecule has 2 aromatic heterocycles. The number of thiazole rings is 1. The Morgan fingerprint density at radius 1 is 0.972 bits per heavy atom. The molecule has 2 N–H and O–H groups in total. The van der Waals surface area contributed by atoms with E-state index in [9.17, 15) is 9.59 Å². The number of anilines is 1. The first-order chi connectivity index (χ1) is 17.6. The van der Waals surface area contributed by atoms with E-state index in [1.54, 1.807) is 6.07 Å². The second-order valence-electron chi connectivity index (χ2n) is 8.67. The monoisotopic (exact) mass is 494 g/mol. The Kier molecular flexibility index (Phi) is 5.58. The summed E-state index contributed by atoms with van der Waals surface area (Å²) in [6.45, 7) is 1.85. The smallest absolute Gasteiger partial charge is 0.293 e. The zero-order valence-corrected chi connectivity index (χ0v) is 20.3. The standard InChI is InChI=1S/C28H22N4O3S/c1-16-24-21(31-32-26(33)19-11-6-9-17-8-2-3-10-18(17)19)13-7-14-22(24)35-25(16)27(34)30-28-29-20-12-4-5-15-23(20)36-28/h2-6,8-12,15H,7,13-14H2,1H3,(H,32,33)(H,29,30,34)/b31-21+. The van der Waals surface area contributed by atoms with Crippen molar-refractivity contribution in [3.8, 4) is 0 Å². The third-order valence-electron chi connectivity index (χ3n) is 6.37. The van der Waals surface area contributed by atoms with Crippen LogP contribution in [0.3, 0.4) is 0 Å². The number of aromatic nitrogens is 1. The van der Waals surface area contributed by atoms with Crippen LogP contribution in [-0.2, 0) is 6.42 Å². The van der Waals surface area contributed by atoms with Crippen molar-refractivity contribution in [2.75, 3.05) is 5.32 Å². The molecule has 0 spiro atoms. The molecule has 2 heterocycles. The van der Waals surface area contributed by atoms with Gasteiger partial charge in [-0.05, 0) is 48.7 Å². The maximum Gasteiger partial charge on any atom is 0.293 e. The molecule has 1 aliphatic rings. The second-order valence-corrected chi connectivity index (χ2v) is 9.71. The van der Waals surface area contributed by atoms with Crippen molar-refractivity contribution in [3.63, 3.8) is 0 Å². The number of amides is 2. The molecule has 8 heteroatoms. The second kappa shape index (κ2) is 9.05. The summed E-state index contributed by atoms with van der Waals surface area (Å²) < 4.78 is 7.00. The van der Waals surface area contributed by atoms with E-state index in [4.69, 9.17) is 4.42 Å². The number of hydrogen-bond acceptors (Lipinski definition) is 6. The van der Waals surface area contributed by atoms with Gasteiger partial charge in [0.2, 0.25) is 0 Å². The lowest BCUT2D eigenvalue weighted by Crippen LogP contribution is -2.22. The zero-order valence-electron chi connectivity index (χ0n) is 19.5. The third-order valence-corrected chi connectivity index (χ3v) is 7.32. The largest absolute Gasteiger partial charge is 0.455 e. The molecule has 5 aromatic rings. The van der Waals surface area contributed by atoms with Crippen molar-refractivity contribution in [2.24, 2.45) is 5.10 Å². The lowest BCUT2D eigenvalue weighted by molar-refractivity contribution is 0.0955. The number of carbonyl (C=O) groups is 2. The zero-order chi connectivity index (χ0) is 24.6. The molecule has 0 radical (unpaired) electrons. The first kappa shape index (κ1) is 22.2. The molecule has 1 aliphatic carbocycles. The molecule has 0 bridgehead atoms. The molecule has 2 amide bonds. The van der Waals surface area contributed by atoms with Crippen LogP contribution in [0.15, 0.2) is 76.2 Å². The Balaban J connectivity index is 1.26. The third kappa shape index (κ3) is 3.95. The summed E-state index contributed by atoms with van der Waals surface area (Å²) in [5, 5.41) is 9.72. The van der Waals surface area contributed by atoms with Crippen molar-refractivity contribution >= 4 is 55.0 Å². The minimum atomic E-state index is -0.347. The fraction of sp³-hybridized carbons (Fsp3) is 0.143. The molecule has 0 aliphatic heterocycles. The Labute approximate surface area is 210 Å². The summed E-state index contributed by atoms with van der Waals surface area (Å²) in [7, 11) is 0. The van der Waals surface area contributed by atoms with Crippen molar-refractivity contribution < 1.29 is 14.0 Å². The number of rotatable bonds is 4. The number of hydrogen-bond donors (Lipinski definition) is 2. The van der Waals surface area contributed by atoms with E-state index in [-0.39, 0.29) is 17.6 Å². The number of fused-ring (bicyclic) bond motifs is 3. The summed E-state index contributed by atoms with van der Waals surface area (Å²) in [4.78, 5) is 30.5. The molecule has 0 atom stereocenters. The molecule has 0 saturated carbocycles. The van der Waals surface area contributed by atoms with Gasteiger partial charge in [0.1, 0.15) is 5.76 Å². The van der Waals surface area contributed by atoms with Crippen LogP contribution >= 0.6 is 11.3 Å². The van der Waals surface area contributed by atoms with Crippen LogP contribution in [-0.4, -0.2) is 22.5 Å². The highest BCUT2D eigenvalue weighted by Gasteiger charge is 2.28. The fourth-order valence-electron chi connectivity index (χ4n) is 4.68. The normalized spacial score (nSPS) is 14.2. The molecule has 178 valence electrons. The van der Waals surface area contributed by atoms with Gasteiger partial charge in [-0.1, -0.05) is 59.9 Å². The summed E-state index contributed by atoms with van der Waals surface area (Å²) >= 11 is 1.42. The van der Waals surface area contributed by atoms with Gasteiger partial charge in [0, 0.05) is 23.1 Å². The van der Waals surface area contributed by atoms with Crippen molar-refractivity contribution in [2.45, 2.75) is 26.2 Å². The molecule has 6 rings (SSSR count). The summed E-state index contributed by atoms with van der Waals surface area (Å²) in [5.41, 5.74) is 6.34. The molecule has 7 nitrogen and oxygen atoms in total. The number of hydrazone groups is 1. The van der Waals surface area contributed by atoms with Gasteiger partial charge in [-0.2, -0.15) is 5.10 Å². The number of aryl methyl sites for hydroxylation is 1. The molecule has 3 aromatic carbocycles. The van der Waals surface area contributed by atoms with Gasteiger partial charge in [-0.25, -0.2) is 10.4 Å². The maximum absolute atomic E-state index is 13.1. The number of nitrogens with zero attached hydrogens (tertiary/aromatic N) is 2.